The molecule has 4 rings (SSSR count). The first kappa shape index (κ1) is 13.9. The molecule has 0 amide bonds. The molecule has 3 heteroatoms. The molecular formula is C20H20N3+. The van der Waals surface area contributed by atoms with Crippen LogP contribution in [0, 0.1) is 20.8 Å². The molecule has 0 bridgehead atoms. The van der Waals surface area contributed by atoms with E-state index in [0.29, 0.717) is 0 Å². The quantitative estimate of drug-likeness (QED) is 0.489. The summed E-state index contributed by atoms with van der Waals surface area (Å²) in [6.45, 7) is 6.52. The Hall–Kier alpha value is -2.68. The van der Waals surface area contributed by atoms with Gasteiger partial charge in [0.05, 0.1) is 0 Å². The van der Waals surface area contributed by atoms with Crippen LogP contribution in [0.25, 0.3) is 27.9 Å². The third kappa shape index (κ3) is 2.12. The Morgan fingerprint density at radius 1 is 1.04 bits per heavy atom. The van der Waals surface area contributed by atoms with Crippen LogP contribution < -0.4 is 4.57 Å². The number of aryl methyl sites for hydroxylation is 3. The molecule has 0 aliphatic rings. The number of aromatic nitrogens is 3. The van der Waals surface area contributed by atoms with E-state index >= 15 is 0 Å². The van der Waals surface area contributed by atoms with Crippen LogP contribution in [-0.2, 0) is 7.05 Å². The molecule has 0 N–H and O–H groups in total. The van der Waals surface area contributed by atoms with Crippen molar-refractivity contribution < 1.29 is 4.57 Å². The highest BCUT2D eigenvalue weighted by molar-refractivity contribution is 5.82. The van der Waals surface area contributed by atoms with E-state index in [1.54, 1.807) is 0 Å². The first-order valence-electron chi connectivity index (χ1n) is 7.89. The number of imidazole rings is 1. The lowest BCUT2D eigenvalue weighted by molar-refractivity contribution is -0.659. The average molecular weight is 302 g/mol. The summed E-state index contributed by atoms with van der Waals surface area (Å²) in [6, 6.07) is 12.8. The van der Waals surface area contributed by atoms with E-state index in [9.17, 15) is 0 Å². The van der Waals surface area contributed by atoms with E-state index < -0.39 is 0 Å². The Morgan fingerprint density at radius 3 is 2.70 bits per heavy atom. The molecule has 114 valence electrons. The van der Waals surface area contributed by atoms with Crippen LogP contribution >= 0.6 is 0 Å². The minimum atomic E-state index is 0.983. The zero-order chi connectivity index (χ0) is 16.1. The molecule has 1 aromatic carbocycles. The molecule has 23 heavy (non-hydrogen) atoms. The number of fused-ring (bicyclic) bond motifs is 3. The van der Waals surface area contributed by atoms with Crippen LogP contribution in [0.4, 0.5) is 0 Å². The third-order valence-corrected chi connectivity index (χ3v) is 4.65. The van der Waals surface area contributed by atoms with Crippen LogP contribution in [0.3, 0.4) is 0 Å². The Kier molecular flexibility index (Phi) is 2.98. The highest BCUT2D eigenvalue weighted by Gasteiger charge is 2.18. The van der Waals surface area contributed by atoms with Crippen molar-refractivity contribution in [3.63, 3.8) is 0 Å². The molecule has 0 radical (unpaired) electrons. The fourth-order valence-corrected chi connectivity index (χ4v) is 3.33. The number of benzene rings is 1. The lowest BCUT2D eigenvalue weighted by Gasteiger charge is -2.09. The van der Waals surface area contributed by atoms with Crippen molar-refractivity contribution >= 4 is 16.7 Å². The molecule has 0 unspecified atom stereocenters. The monoisotopic (exact) mass is 302 g/mol. The van der Waals surface area contributed by atoms with Crippen LogP contribution in [-0.4, -0.2) is 9.38 Å². The SMILES string of the molecule is Cc1cc(C)c(C)c(-c2cc3nc4ccccn4c3c[n+]2C)c1. The molecule has 4 aromatic rings. The van der Waals surface area contributed by atoms with Crippen molar-refractivity contribution in [1.82, 2.24) is 9.38 Å². The first-order valence-corrected chi connectivity index (χ1v) is 7.89. The van der Waals surface area contributed by atoms with Crippen LogP contribution in [0.15, 0.2) is 48.8 Å². The predicted octanol–water partition coefficient (Wildman–Crippen LogP) is 3.90. The molecule has 0 aliphatic heterocycles. The number of nitrogens with zero attached hydrogens (tertiary/aromatic N) is 3. The summed E-state index contributed by atoms with van der Waals surface area (Å²) >= 11 is 0. The summed E-state index contributed by atoms with van der Waals surface area (Å²) in [5, 5.41) is 0. The van der Waals surface area contributed by atoms with Crippen molar-refractivity contribution in [1.29, 1.82) is 0 Å². The van der Waals surface area contributed by atoms with Crippen molar-refractivity contribution in [3.05, 3.63) is 65.5 Å². The molecular weight excluding hydrogens is 282 g/mol. The number of pyridine rings is 2. The average Bonchev–Trinajstić information content (AvgIpc) is 2.88. The Morgan fingerprint density at radius 2 is 1.87 bits per heavy atom. The van der Waals surface area contributed by atoms with E-state index in [2.05, 4.69) is 67.4 Å². The van der Waals surface area contributed by atoms with Crippen LogP contribution in [0.1, 0.15) is 16.7 Å². The molecule has 0 saturated heterocycles. The Bertz CT molecular complexity index is 1060. The normalized spacial score (nSPS) is 11.5. The predicted molar refractivity (Wildman–Crippen MR) is 93.5 cm³/mol. The molecule has 0 saturated carbocycles. The van der Waals surface area contributed by atoms with Gasteiger partial charge in [0, 0.05) is 17.8 Å². The Labute approximate surface area is 135 Å². The highest BCUT2D eigenvalue weighted by Crippen LogP contribution is 2.27. The summed E-state index contributed by atoms with van der Waals surface area (Å²) < 4.78 is 4.33. The second-order valence-corrected chi connectivity index (χ2v) is 6.34. The van der Waals surface area contributed by atoms with Gasteiger partial charge < -0.3 is 0 Å². The molecule has 3 nitrogen and oxygen atoms in total. The molecule has 0 aliphatic carbocycles. The number of hydrogen-bond donors (Lipinski definition) is 0. The highest BCUT2D eigenvalue weighted by atomic mass is 15.0. The van der Waals surface area contributed by atoms with Crippen LogP contribution in [0.5, 0.6) is 0 Å². The van der Waals surface area contributed by atoms with Gasteiger partial charge in [-0.25, -0.2) is 4.98 Å². The summed E-state index contributed by atoms with van der Waals surface area (Å²) in [5.41, 5.74) is 9.57. The lowest BCUT2D eigenvalue weighted by Crippen LogP contribution is -2.30. The van der Waals surface area contributed by atoms with Crippen molar-refractivity contribution in [2.75, 3.05) is 0 Å². The van der Waals surface area contributed by atoms with Gasteiger partial charge in [-0.05, 0) is 50.1 Å². The molecule has 0 fully saturated rings. The largest absolute Gasteiger partial charge is 0.295 e. The fraction of sp³-hybridized carbons (Fsp3) is 0.200. The molecule has 0 atom stereocenters. The van der Waals surface area contributed by atoms with Gasteiger partial charge in [-0.15, -0.1) is 0 Å². The van der Waals surface area contributed by atoms with E-state index in [0.717, 1.165) is 16.7 Å². The van der Waals surface area contributed by atoms with Gasteiger partial charge in [-0.2, -0.15) is 4.57 Å². The Balaban J connectivity index is 2.05. The van der Waals surface area contributed by atoms with E-state index in [4.69, 9.17) is 4.98 Å². The standard InChI is InChI=1S/C20H20N3/c1-13-9-14(2)15(3)16(10-13)18-11-17-19(12-22(18)4)23-8-6-5-7-20(23)21-17/h5-12H,1-4H3/q+1. The minimum Gasteiger partial charge on any atom is -0.295 e. The van der Waals surface area contributed by atoms with E-state index in [-0.39, 0.29) is 0 Å². The van der Waals surface area contributed by atoms with Gasteiger partial charge >= 0.3 is 0 Å². The van der Waals surface area contributed by atoms with Crippen molar-refractivity contribution in [3.8, 4) is 11.3 Å². The maximum atomic E-state index is 4.77. The zero-order valence-electron chi connectivity index (χ0n) is 14.0. The fourth-order valence-electron chi connectivity index (χ4n) is 3.33. The number of hydrogen-bond acceptors (Lipinski definition) is 1. The maximum absolute atomic E-state index is 4.77. The summed E-state index contributed by atoms with van der Waals surface area (Å²) in [4.78, 5) is 4.77. The van der Waals surface area contributed by atoms with Gasteiger partial charge in [-0.3, -0.25) is 4.40 Å². The smallest absolute Gasteiger partial charge is 0.214 e. The summed E-state index contributed by atoms with van der Waals surface area (Å²) in [5.74, 6) is 0. The van der Waals surface area contributed by atoms with Crippen molar-refractivity contribution in [2.24, 2.45) is 7.05 Å². The van der Waals surface area contributed by atoms with E-state index in [1.807, 2.05) is 18.2 Å². The first-order chi connectivity index (χ1) is 11.0. The number of rotatable bonds is 1. The maximum Gasteiger partial charge on any atom is 0.214 e. The molecule has 0 spiro atoms. The molecule has 3 heterocycles. The zero-order valence-corrected chi connectivity index (χ0v) is 14.0. The third-order valence-electron chi connectivity index (χ3n) is 4.65. The lowest BCUT2D eigenvalue weighted by atomic mass is 9.97. The van der Waals surface area contributed by atoms with Crippen LogP contribution in [0.2, 0.25) is 0 Å². The van der Waals surface area contributed by atoms with Gasteiger partial charge in [-0.1, -0.05) is 17.7 Å². The van der Waals surface area contributed by atoms with E-state index in [1.165, 1.54) is 27.9 Å². The summed E-state index contributed by atoms with van der Waals surface area (Å²) in [6.07, 6.45) is 4.23. The molecule has 3 aromatic heterocycles. The second kappa shape index (κ2) is 4.92. The minimum absolute atomic E-state index is 0.983. The van der Waals surface area contributed by atoms with Gasteiger partial charge in [0.25, 0.3) is 0 Å². The van der Waals surface area contributed by atoms with Gasteiger partial charge in [0.2, 0.25) is 5.69 Å². The summed E-state index contributed by atoms with van der Waals surface area (Å²) in [7, 11) is 2.11. The van der Waals surface area contributed by atoms with Gasteiger partial charge in [0.15, 0.2) is 6.20 Å². The topological polar surface area (TPSA) is 21.2 Å². The van der Waals surface area contributed by atoms with Gasteiger partial charge in [0.1, 0.15) is 23.7 Å². The van der Waals surface area contributed by atoms with Crippen molar-refractivity contribution in [2.45, 2.75) is 20.8 Å². The second-order valence-electron chi connectivity index (χ2n) is 6.34.